The molecule has 3 saturated carbocycles. The Bertz CT molecular complexity index is 990. The molecule has 4 aliphatic carbocycles. The van der Waals surface area contributed by atoms with Crippen molar-refractivity contribution in [2.45, 2.75) is 103 Å². The topological polar surface area (TPSA) is 54.4 Å². The largest absolute Gasteiger partial charge is 0.381 e. The second-order valence-corrected chi connectivity index (χ2v) is 12.1. The maximum absolute atomic E-state index is 12.9. The third-order valence-corrected chi connectivity index (χ3v) is 10.9. The lowest BCUT2D eigenvalue weighted by Gasteiger charge is -2.60. The molecule has 0 unspecified atom stereocenters. The Kier molecular flexibility index (Phi) is 6.16. The quantitative estimate of drug-likeness (QED) is 0.532. The number of aryl methyl sites for hydroxylation is 2. The smallest absolute Gasteiger partial charge is 0.161 e. The molecule has 0 aliphatic heterocycles. The van der Waals surface area contributed by atoms with E-state index in [-0.39, 0.29) is 16.6 Å². The highest BCUT2D eigenvalue weighted by Gasteiger charge is 2.67. The predicted molar refractivity (Wildman–Crippen MR) is 135 cm³/mol. The summed E-state index contributed by atoms with van der Waals surface area (Å²) in [5, 5.41) is 11.9. The molecule has 0 amide bonds. The van der Waals surface area contributed by atoms with E-state index in [0.29, 0.717) is 36.4 Å². The molecule has 34 heavy (non-hydrogen) atoms. The molecule has 1 aromatic rings. The second kappa shape index (κ2) is 8.73. The summed E-state index contributed by atoms with van der Waals surface area (Å²) in [7, 11) is 0. The van der Waals surface area contributed by atoms with E-state index >= 15 is 0 Å². The van der Waals surface area contributed by atoms with Crippen molar-refractivity contribution in [1.29, 1.82) is 0 Å². The van der Waals surface area contributed by atoms with Crippen molar-refractivity contribution in [3.05, 3.63) is 47.0 Å². The molecule has 184 valence electrons. The third-order valence-electron chi connectivity index (χ3n) is 10.9. The van der Waals surface area contributed by atoms with Crippen LogP contribution >= 0.6 is 0 Å². The summed E-state index contributed by atoms with van der Waals surface area (Å²) in [6.07, 6.45) is 13.4. The van der Waals surface area contributed by atoms with Gasteiger partial charge in [-0.3, -0.25) is 9.59 Å². The SMILES string of the molecule is CCc1ccc(CCC[C@]23CC[C@@H]4[C@@H](CCC5=CC(=O)CC[C@]54C)[C@@H]2CC[C@]3(O)C(C)=O)cc1. The second-order valence-electron chi connectivity index (χ2n) is 12.1. The van der Waals surface area contributed by atoms with Gasteiger partial charge in [0, 0.05) is 11.8 Å². The Morgan fingerprint density at radius 2 is 1.71 bits per heavy atom. The molecule has 0 aromatic heterocycles. The first kappa shape index (κ1) is 24.0. The Labute approximate surface area is 205 Å². The van der Waals surface area contributed by atoms with Gasteiger partial charge in [0.2, 0.25) is 0 Å². The van der Waals surface area contributed by atoms with E-state index in [9.17, 15) is 14.7 Å². The number of aliphatic hydroxyl groups is 1. The number of rotatable bonds is 6. The average Bonchev–Trinajstić information content (AvgIpc) is 3.14. The van der Waals surface area contributed by atoms with Gasteiger partial charge in [0.15, 0.2) is 11.6 Å². The lowest BCUT2D eigenvalue weighted by Crippen LogP contribution is -2.58. The number of Topliss-reactive ketones (excluding diaryl/α,β-unsaturated/α-hetero) is 1. The standard InChI is InChI=1S/C31H42O3/c1-4-22-7-9-23(10-8-22)6-5-16-30-18-14-27-26(28(30)15-19-31(30,34)21(2)32)12-11-24-20-25(33)13-17-29(24,27)3/h7-10,20,26-28,34H,4-6,11-19H2,1-3H3/t26-,27-,28+,29-,30+,31+/m1/s1. The van der Waals surface area contributed by atoms with E-state index < -0.39 is 5.60 Å². The number of hydrogen-bond acceptors (Lipinski definition) is 3. The van der Waals surface area contributed by atoms with Crippen LogP contribution in [-0.4, -0.2) is 22.3 Å². The average molecular weight is 463 g/mol. The van der Waals surface area contributed by atoms with E-state index in [1.807, 2.05) is 6.08 Å². The van der Waals surface area contributed by atoms with Crippen molar-refractivity contribution in [3.8, 4) is 0 Å². The Morgan fingerprint density at radius 1 is 1.00 bits per heavy atom. The van der Waals surface area contributed by atoms with Crippen LogP contribution in [0.15, 0.2) is 35.9 Å². The van der Waals surface area contributed by atoms with Crippen molar-refractivity contribution in [1.82, 2.24) is 0 Å². The third kappa shape index (κ3) is 3.56. The first-order valence-corrected chi connectivity index (χ1v) is 13.8. The Morgan fingerprint density at radius 3 is 2.41 bits per heavy atom. The lowest BCUT2D eigenvalue weighted by molar-refractivity contribution is -0.166. The minimum atomic E-state index is -1.17. The maximum Gasteiger partial charge on any atom is 0.161 e. The molecule has 0 radical (unpaired) electrons. The number of allylic oxidation sites excluding steroid dienone is 1. The van der Waals surface area contributed by atoms with E-state index in [4.69, 9.17) is 0 Å². The van der Waals surface area contributed by atoms with Crippen molar-refractivity contribution in [2.24, 2.45) is 28.6 Å². The van der Waals surface area contributed by atoms with Crippen LogP contribution in [0, 0.1) is 28.6 Å². The van der Waals surface area contributed by atoms with Gasteiger partial charge in [-0.2, -0.15) is 0 Å². The number of carbonyl (C=O) groups excluding carboxylic acids is 2. The summed E-state index contributed by atoms with van der Waals surface area (Å²) < 4.78 is 0. The fourth-order valence-electron chi connectivity index (χ4n) is 8.98. The number of carbonyl (C=O) groups is 2. The van der Waals surface area contributed by atoms with Crippen LogP contribution in [0.3, 0.4) is 0 Å². The van der Waals surface area contributed by atoms with Crippen LogP contribution in [0.25, 0.3) is 0 Å². The Hall–Kier alpha value is -1.74. The molecule has 5 rings (SSSR count). The summed E-state index contributed by atoms with van der Waals surface area (Å²) in [5.41, 5.74) is 2.77. The van der Waals surface area contributed by atoms with Gasteiger partial charge in [0.25, 0.3) is 0 Å². The van der Waals surface area contributed by atoms with Crippen molar-refractivity contribution < 1.29 is 14.7 Å². The fraction of sp³-hybridized carbons (Fsp3) is 0.677. The van der Waals surface area contributed by atoms with Gasteiger partial charge in [0.1, 0.15) is 5.60 Å². The van der Waals surface area contributed by atoms with Crippen molar-refractivity contribution in [2.75, 3.05) is 0 Å². The lowest BCUT2D eigenvalue weighted by atomic mass is 9.45. The number of fused-ring (bicyclic) bond motifs is 5. The zero-order valence-electron chi connectivity index (χ0n) is 21.4. The van der Waals surface area contributed by atoms with Crippen LogP contribution in [0.1, 0.15) is 96.1 Å². The number of hydrogen-bond donors (Lipinski definition) is 1. The molecule has 4 aliphatic rings. The fourth-order valence-corrected chi connectivity index (χ4v) is 8.98. The van der Waals surface area contributed by atoms with Gasteiger partial charge < -0.3 is 5.11 Å². The summed E-state index contributed by atoms with van der Waals surface area (Å²) in [4.78, 5) is 25.1. The minimum absolute atomic E-state index is 0.0217. The van der Waals surface area contributed by atoms with Gasteiger partial charge >= 0.3 is 0 Å². The number of benzene rings is 1. The predicted octanol–water partition coefficient (Wildman–Crippen LogP) is 6.40. The van der Waals surface area contributed by atoms with E-state index in [2.05, 4.69) is 38.1 Å². The van der Waals surface area contributed by atoms with Crippen LogP contribution < -0.4 is 0 Å². The molecule has 0 heterocycles. The van der Waals surface area contributed by atoms with Gasteiger partial charge in [-0.15, -0.1) is 0 Å². The molecule has 0 saturated heterocycles. The first-order valence-electron chi connectivity index (χ1n) is 13.8. The highest BCUT2D eigenvalue weighted by Crippen LogP contribution is 2.69. The molecule has 3 heteroatoms. The van der Waals surface area contributed by atoms with Gasteiger partial charge in [-0.05, 0) is 118 Å². The minimum Gasteiger partial charge on any atom is -0.381 e. The summed E-state index contributed by atoms with van der Waals surface area (Å²) in [6.45, 7) is 6.21. The summed E-state index contributed by atoms with van der Waals surface area (Å²) in [5.74, 6) is 1.83. The molecule has 0 bridgehead atoms. The molecule has 6 atom stereocenters. The molecular weight excluding hydrogens is 420 g/mol. The highest BCUT2D eigenvalue weighted by molar-refractivity contribution is 5.91. The zero-order valence-corrected chi connectivity index (χ0v) is 21.4. The zero-order chi connectivity index (χ0) is 24.1. The van der Waals surface area contributed by atoms with Crippen LogP contribution in [0.4, 0.5) is 0 Å². The van der Waals surface area contributed by atoms with Gasteiger partial charge in [-0.1, -0.05) is 43.7 Å². The van der Waals surface area contributed by atoms with Crippen LogP contribution in [0.2, 0.25) is 0 Å². The first-order chi connectivity index (χ1) is 16.2. The van der Waals surface area contributed by atoms with Crippen molar-refractivity contribution in [3.63, 3.8) is 0 Å². The molecule has 0 spiro atoms. The van der Waals surface area contributed by atoms with Gasteiger partial charge in [-0.25, -0.2) is 0 Å². The van der Waals surface area contributed by atoms with Crippen LogP contribution in [-0.2, 0) is 22.4 Å². The normalized spacial score (nSPS) is 39.1. The van der Waals surface area contributed by atoms with E-state index in [1.165, 1.54) is 16.7 Å². The van der Waals surface area contributed by atoms with E-state index in [0.717, 1.165) is 64.2 Å². The summed E-state index contributed by atoms with van der Waals surface area (Å²) >= 11 is 0. The Balaban J connectivity index is 1.40. The molecular formula is C31H42O3. The van der Waals surface area contributed by atoms with E-state index in [1.54, 1.807) is 6.92 Å². The monoisotopic (exact) mass is 462 g/mol. The summed E-state index contributed by atoms with van der Waals surface area (Å²) in [6, 6.07) is 8.95. The van der Waals surface area contributed by atoms with Gasteiger partial charge in [0.05, 0.1) is 0 Å². The molecule has 1 N–H and O–H groups in total. The molecule has 3 fully saturated rings. The number of ketones is 2. The maximum atomic E-state index is 12.9. The molecule has 3 nitrogen and oxygen atoms in total. The highest BCUT2D eigenvalue weighted by atomic mass is 16.3. The van der Waals surface area contributed by atoms with Crippen molar-refractivity contribution >= 4 is 11.6 Å². The van der Waals surface area contributed by atoms with Crippen LogP contribution in [0.5, 0.6) is 0 Å². The molecule has 1 aromatic carbocycles.